The predicted octanol–water partition coefficient (Wildman–Crippen LogP) is 1.51. The second kappa shape index (κ2) is 6.16. The van der Waals surface area contributed by atoms with Crippen molar-refractivity contribution >= 4 is 27.9 Å². The van der Waals surface area contributed by atoms with Crippen LogP contribution in [0.2, 0.25) is 0 Å². The largest absolute Gasteiger partial charge is 0.468 e. The lowest BCUT2D eigenvalue weighted by atomic mass is 9.82. The molecular formula is C13H16BrNO4. The first-order valence-electron chi connectivity index (χ1n) is 5.57. The minimum Gasteiger partial charge on any atom is -0.468 e. The third kappa shape index (κ3) is 2.79. The number of methoxy groups -OCH3 is 2. The van der Waals surface area contributed by atoms with Crippen molar-refractivity contribution < 1.29 is 19.1 Å². The summed E-state index contributed by atoms with van der Waals surface area (Å²) in [4.78, 5) is 23.9. The van der Waals surface area contributed by atoms with Crippen molar-refractivity contribution in [3.8, 4) is 0 Å². The maximum absolute atomic E-state index is 12.0. The van der Waals surface area contributed by atoms with Gasteiger partial charge in [0.25, 0.3) is 0 Å². The molecule has 0 aliphatic rings. The molecule has 0 saturated heterocycles. The molecule has 0 bridgehead atoms. The summed E-state index contributed by atoms with van der Waals surface area (Å²) in [6.45, 7) is 1.83. The van der Waals surface area contributed by atoms with Gasteiger partial charge in [-0.1, -0.05) is 28.1 Å². The van der Waals surface area contributed by atoms with Crippen LogP contribution >= 0.6 is 15.9 Å². The van der Waals surface area contributed by atoms with Crippen LogP contribution in [0.4, 0.5) is 0 Å². The summed E-state index contributed by atoms with van der Waals surface area (Å²) in [5, 5.41) is 0. The smallest absolute Gasteiger partial charge is 0.327 e. The van der Waals surface area contributed by atoms with E-state index in [0.29, 0.717) is 16.6 Å². The van der Waals surface area contributed by atoms with E-state index >= 15 is 0 Å². The monoisotopic (exact) mass is 329 g/mol. The highest BCUT2D eigenvalue weighted by atomic mass is 79.9. The van der Waals surface area contributed by atoms with Gasteiger partial charge in [0.15, 0.2) is 5.41 Å². The average molecular weight is 330 g/mol. The van der Waals surface area contributed by atoms with E-state index in [1.807, 2.05) is 0 Å². The van der Waals surface area contributed by atoms with Crippen LogP contribution in [0.25, 0.3) is 0 Å². The van der Waals surface area contributed by atoms with Crippen molar-refractivity contribution in [2.24, 2.45) is 5.73 Å². The van der Waals surface area contributed by atoms with Crippen molar-refractivity contribution in [2.45, 2.75) is 18.9 Å². The van der Waals surface area contributed by atoms with Gasteiger partial charge in [-0.25, -0.2) is 0 Å². The lowest BCUT2D eigenvalue weighted by Crippen LogP contribution is -2.43. The van der Waals surface area contributed by atoms with Crippen LogP contribution in [0.5, 0.6) is 0 Å². The standard InChI is InChI=1S/C13H16BrNO4/c1-13(11(16)18-2,12(17)19-3)9-5-4-8(7-15)6-10(9)14/h4-6H,7,15H2,1-3H3. The van der Waals surface area contributed by atoms with Gasteiger partial charge in [0.05, 0.1) is 14.2 Å². The number of halogens is 1. The molecule has 0 aromatic heterocycles. The molecule has 0 saturated carbocycles. The molecule has 0 radical (unpaired) electrons. The number of esters is 2. The highest BCUT2D eigenvalue weighted by molar-refractivity contribution is 9.10. The van der Waals surface area contributed by atoms with E-state index in [-0.39, 0.29) is 0 Å². The molecule has 19 heavy (non-hydrogen) atoms. The Balaban J connectivity index is 3.42. The number of rotatable bonds is 4. The van der Waals surface area contributed by atoms with Crippen molar-refractivity contribution in [3.63, 3.8) is 0 Å². The van der Waals surface area contributed by atoms with Crippen LogP contribution in [0.3, 0.4) is 0 Å². The Labute approximate surface area is 120 Å². The van der Waals surface area contributed by atoms with Gasteiger partial charge in [-0.2, -0.15) is 0 Å². The van der Waals surface area contributed by atoms with E-state index in [1.54, 1.807) is 18.2 Å². The number of hydrogen-bond acceptors (Lipinski definition) is 5. The van der Waals surface area contributed by atoms with Gasteiger partial charge >= 0.3 is 11.9 Å². The molecule has 2 N–H and O–H groups in total. The Morgan fingerprint density at radius 2 is 1.79 bits per heavy atom. The maximum Gasteiger partial charge on any atom is 0.327 e. The number of hydrogen-bond donors (Lipinski definition) is 1. The Kier molecular flexibility index (Phi) is 5.08. The quantitative estimate of drug-likeness (QED) is 0.669. The molecule has 1 rings (SSSR count). The first-order valence-corrected chi connectivity index (χ1v) is 6.36. The number of benzene rings is 1. The molecule has 104 valence electrons. The molecule has 1 aromatic rings. The van der Waals surface area contributed by atoms with Crippen LogP contribution in [-0.4, -0.2) is 26.2 Å². The predicted molar refractivity (Wildman–Crippen MR) is 73.4 cm³/mol. The van der Waals surface area contributed by atoms with Gasteiger partial charge in [0.1, 0.15) is 0 Å². The molecule has 0 fully saturated rings. The normalized spacial score (nSPS) is 11.0. The summed E-state index contributed by atoms with van der Waals surface area (Å²) in [6, 6.07) is 5.18. The van der Waals surface area contributed by atoms with Gasteiger partial charge in [-0.05, 0) is 24.1 Å². The fourth-order valence-corrected chi connectivity index (χ4v) is 2.63. The van der Waals surface area contributed by atoms with E-state index < -0.39 is 17.4 Å². The third-order valence-electron chi connectivity index (χ3n) is 3.00. The van der Waals surface area contributed by atoms with Gasteiger partial charge in [-0.3, -0.25) is 9.59 Å². The molecule has 0 amide bonds. The van der Waals surface area contributed by atoms with Crippen LogP contribution in [0.15, 0.2) is 22.7 Å². The molecular weight excluding hydrogens is 314 g/mol. The molecule has 6 heteroatoms. The lowest BCUT2D eigenvalue weighted by molar-refractivity contribution is -0.161. The zero-order valence-corrected chi connectivity index (χ0v) is 12.6. The first-order chi connectivity index (χ1) is 8.91. The molecule has 1 aromatic carbocycles. The van der Waals surface area contributed by atoms with Gasteiger partial charge < -0.3 is 15.2 Å². The Hall–Kier alpha value is -1.40. The van der Waals surface area contributed by atoms with Crippen molar-refractivity contribution in [1.82, 2.24) is 0 Å². The molecule has 5 nitrogen and oxygen atoms in total. The van der Waals surface area contributed by atoms with Gasteiger partial charge in [-0.15, -0.1) is 0 Å². The minimum absolute atomic E-state index is 0.367. The molecule has 0 heterocycles. The van der Waals surface area contributed by atoms with E-state index in [0.717, 1.165) is 5.56 Å². The topological polar surface area (TPSA) is 78.6 Å². The Morgan fingerprint density at radius 1 is 1.26 bits per heavy atom. The second-order valence-electron chi connectivity index (χ2n) is 4.13. The lowest BCUT2D eigenvalue weighted by Gasteiger charge is -2.25. The number of carbonyl (C=O) groups excluding carboxylic acids is 2. The summed E-state index contributed by atoms with van der Waals surface area (Å²) in [7, 11) is 2.46. The fraction of sp³-hybridized carbons (Fsp3) is 0.385. The summed E-state index contributed by atoms with van der Waals surface area (Å²) < 4.78 is 10.0. The van der Waals surface area contributed by atoms with Crippen LogP contribution < -0.4 is 5.73 Å². The van der Waals surface area contributed by atoms with Crippen LogP contribution in [0, 0.1) is 0 Å². The molecule has 0 unspecified atom stereocenters. The molecule has 0 atom stereocenters. The van der Waals surface area contributed by atoms with E-state index in [9.17, 15) is 9.59 Å². The van der Waals surface area contributed by atoms with Crippen molar-refractivity contribution in [2.75, 3.05) is 14.2 Å². The summed E-state index contributed by atoms with van der Waals surface area (Å²) >= 11 is 3.35. The summed E-state index contributed by atoms with van der Waals surface area (Å²) in [6.07, 6.45) is 0. The average Bonchev–Trinajstić information content (AvgIpc) is 2.44. The molecule has 0 aliphatic heterocycles. The SMILES string of the molecule is COC(=O)C(C)(C(=O)OC)c1ccc(CN)cc1Br. The molecule has 0 aliphatic carbocycles. The van der Waals surface area contributed by atoms with Crippen LogP contribution in [0.1, 0.15) is 18.1 Å². The third-order valence-corrected chi connectivity index (χ3v) is 3.65. The number of ether oxygens (including phenoxy) is 2. The zero-order chi connectivity index (χ0) is 14.6. The van der Waals surface area contributed by atoms with Gasteiger partial charge in [0, 0.05) is 11.0 Å². The van der Waals surface area contributed by atoms with E-state index in [2.05, 4.69) is 15.9 Å². The summed E-state index contributed by atoms with van der Waals surface area (Å²) in [5.41, 5.74) is 5.38. The first kappa shape index (κ1) is 15.7. The van der Waals surface area contributed by atoms with E-state index in [1.165, 1.54) is 21.1 Å². The highest BCUT2D eigenvalue weighted by Gasteiger charge is 2.46. The zero-order valence-electron chi connectivity index (χ0n) is 11.0. The molecule has 0 spiro atoms. The Morgan fingerprint density at radius 3 is 2.16 bits per heavy atom. The minimum atomic E-state index is -1.52. The highest BCUT2D eigenvalue weighted by Crippen LogP contribution is 2.33. The number of nitrogens with two attached hydrogens (primary N) is 1. The fourth-order valence-electron chi connectivity index (χ4n) is 1.80. The van der Waals surface area contributed by atoms with Gasteiger partial charge in [0.2, 0.25) is 0 Å². The summed E-state index contributed by atoms with van der Waals surface area (Å²) in [5.74, 6) is -1.36. The van der Waals surface area contributed by atoms with Crippen molar-refractivity contribution in [1.29, 1.82) is 0 Å². The van der Waals surface area contributed by atoms with Crippen molar-refractivity contribution in [3.05, 3.63) is 33.8 Å². The number of carbonyl (C=O) groups is 2. The maximum atomic E-state index is 12.0. The Bertz CT molecular complexity index is 485. The van der Waals surface area contributed by atoms with Crippen LogP contribution in [-0.2, 0) is 31.0 Å². The second-order valence-corrected chi connectivity index (χ2v) is 4.98. The van der Waals surface area contributed by atoms with E-state index in [4.69, 9.17) is 15.2 Å².